The van der Waals surface area contributed by atoms with Gasteiger partial charge in [0.2, 0.25) is 0 Å². The quantitative estimate of drug-likeness (QED) is 0.816. The number of nitrogens with zero attached hydrogens (tertiary/aromatic N) is 4. The van der Waals surface area contributed by atoms with Gasteiger partial charge in [-0.25, -0.2) is 9.59 Å². The molecular weight excluding hydrogens is 302 g/mol. The number of amides is 1. The molecule has 0 saturated carbocycles. The average Bonchev–Trinajstić information content (AvgIpc) is 2.34. The zero-order chi connectivity index (χ0) is 17.7. The van der Waals surface area contributed by atoms with Crippen LogP contribution in [0.2, 0.25) is 0 Å². The Morgan fingerprint density at radius 2 is 1.57 bits per heavy atom. The third-order valence-electron chi connectivity index (χ3n) is 2.22. The van der Waals surface area contributed by atoms with E-state index >= 15 is 0 Å². The number of hydrogen-bond acceptors (Lipinski definition) is 8. The molecule has 0 fully saturated rings. The lowest BCUT2D eigenvalue weighted by Gasteiger charge is -2.25. The molecule has 1 amide bonds. The molecule has 0 radical (unpaired) electrons. The van der Waals surface area contributed by atoms with Crippen LogP contribution in [0.1, 0.15) is 47.4 Å². The highest BCUT2D eigenvalue weighted by atomic mass is 16.6. The first-order valence-electron chi connectivity index (χ1n) is 7.18. The van der Waals surface area contributed by atoms with E-state index in [1.54, 1.807) is 41.5 Å². The van der Waals surface area contributed by atoms with Crippen LogP contribution in [-0.2, 0) is 20.7 Å². The van der Waals surface area contributed by atoms with Gasteiger partial charge in [-0.2, -0.15) is 0 Å². The van der Waals surface area contributed by atoms with Crippen molar-refractivity contribution in [1.29, 1.82) is 0 Å². The van der Waals surface area contributed by atoms with Crippen molar-refractivity contribution in [1.82, 2.24) is 25.7 Å². The number of carbonyl (C=O) groups excluding carboxylic acids is 2. The minimum atomic E-state index is -1.00. The minimum Gasteiger partial charge on any atom is -0.458 e. The lowest BCUT2D eigenvalue weighted by atomic mass is 10.1. The Labute approximate surface area is 135 Å². The monoisotopic (exact) mass is 325 g/mol. The Kier molecular flexibility index (Phi) is 5.94. The fourth-order valence-electron chi connectivity index (χ4n) is 1.51. The molecule has 1 heterocycles. The van der Waals surface area contributed by atoms with Crippen LogP contribution in [0.5, 0.6) is 0 Å². The lowest BCUT2D eigenvalue weighted by molar-refractivity contribution is -0.157. The molecule has 0 spiro atoms. The minimum absolute atomic E-state index is 0.00496. The summed E-state index contributed by atoms with van der Waals surface area (Å²) in [6.07, 6.45) is 0.438. The maximum Gasteiger partial charge on any atom is 0.408 e. The van der Waals surface area contributed by atoms with Gasteiger partial charge < -0.3 is 14.8 Å². The van der Waals surface area contributed by atoms with Gasteiger partial charge in [-0.05, 0) is 41.5 Å². The van der Waals surface area contributed by atoms with Crippen LogP contribution in [0.4, 0.5) is 4.79 Å². The van der Waals surface area contributed by atoms with Crippen LogP contribution in [0.15, 0.2) is 6.33 Å². The standard InChI is InChI=1S/C14H23N5O4/c1-13(2,3)22-11(20)9(7-10-18-15-8-16-19-10)17-12(21)23-14(4,5)6/h8-9H,7H2,1-6H3,(H,17,21)/t9-/m0/s1. The first-order valence-corrected chi connectivity index (χ1v) is 7.18. The zero-order valence-electron chi connectivity index (χ0n) is 14.3. The van der Waals surface area contributed by atoms with Gasteiger partial charge in [-0.1, -0.05) is 0 Å². The number of esters is 1. The van der Waals surface area contributed by atoms with Crippen molar-refractivity contribution in [2.75, 3.05) is 0 Å². The molecule has 0 aliphatic heterocycles. The third-order valence-corrected chi connectivity index (χ3v) is 2.22. The van der Waals surface area contributed by atoms with E-state index in [1.165, 1.54) is 6.33 Å². The Morgan fingerprint density at radius 3 is 2.04 bits per heavy atom. The fraction of sp³-hybridized carbons (Fsp3) is 0.714. The fourth-order valence-corrected chi connectivity index (χ4v) is 1.51. The van der Waals surface area contributed by atoms with Gasteiger partial charge in [0, 0.05) is 6.42 Å². The van der Waals surface area contributed by atoms with Crippen molar-refractivity contribution in [3.63, 3.8) is 0 Å². The van der Waals surface area contributed by atoms with Gasteiger partial charge in [0.15, 0.2) is 12.2 Å². The van der Waals surface area contributed by atoms with Crippen LogP contribution < -0.4 is 5.32 Å². The largest absolute Gasteiger partial charge is 0.458 e. The molecule has 9 heteroatoms. The van der Waals surface area contributed by atoms with Gasteiger partial charge in [-0.15, -0.1) is 20.4 Å². The maximum absolute atomic E-state index is 12.3. The second kappa shape index (κ2) is 7.30. The highest BCUT2D eigenvalue weighted by molar-refractivity contribution is 5.81. The number of alkyl carbamates (subject to hydrolysis) is 1. The van der Waals surface area contributed by atoms with Gasteiger partial charge in [0.1, 0.15) is 17.2 Å². The molecule has 1 rings (SSSR count). The van der Waals surface area contributed by atoms with E-state index in [2.05, 4.69) is 25.7 Å². The number of ether oxygens (including phenoxy) is 2. The molecule has 0 unspecified atom stereocenters. The predicted molar refractivity (Wildman–Crippen MR) is 80.3 cm³/mol. The summed E-state index contributed by atoms with van der Waals surface area (Å²) in [6.45, 7) is 10.4. The Morgan fingerprint density at radius 1 is 1.04 bits per heavy atom. The Hall–Kier alpha value is -2.32. The Bertz CT molecular complexity index is 536. The van der Waals surface area contributed by atoms with E-state index in [-0.39, 0.29) is 12.2 Å². The highest BCUT2D eigenvalue weighted by Crippen LogP contribution is 2.11. The first-order chi connectivity index (χ1) is 10.5. The van der Waals surface area contributed by atoms with E-state index in [0.29, 0.717) is 0 Å². The van der Waals surface area contributed by atoms with E-state index < -0.39 is 29.3 Å². The van der Waals surface area contributed by atoms with Crippen LogP contribution in [-0.4, -0.2) is 49.7 Å². The predicted octanol–water partition coefficient (Wildman–Crippen LogP) is 1.04. The zero-order valence-corrected chi connectivity index (χ0v) is 14.3. The van der Waals surface area contributed by atoms with Gasteiger partial charge in [0.05, 0.1) is 0 Å². The summed E-state index contributed by atoms with van der Waals surface area (Å²) in [4.78, 5) is 24.2. The van der Waals surface area contributed by atoms with Crippen molar-refractivity contribution >= 4 is 12.1 Å². The Balaban J connectivity index is 2.83. The number of nitrogens with one attached hydrogen (secondary N) is 1. The van der Waals surface area contributed by atoms with Gasteiger partial charge in [0.25, 0.3) is 0 Å². The summed E-state index contributed by atoms with van der Waals surface area (Å²) in [6, 6.07) is -1.00. The van der Waals surface area contributed by atoms with Crippen molar-refractivity contribution in [3.05, 3.63) is 12.2 Å². The normalized spacial score (nSPS) is 13.1. The van der Waals surface area contributed by atoms with E-state index in [9.17, 15) is 9.59 Å². The third kappa shape index (κ3) is 8.03. The molecule has 9 nitrogen and oxygen atoms in total. The van der Waals surface area contributed by atoms with Crippen LogP contribution in [0, 0.1) is 0 Å². The molecule has 1 N–H and O–H groups in total. The molecule has 128 valence electrons. The summed E-state index contributed by atoms with van der Waals surface area (Å²) >= 11 is 0. The smallest absolute Gasteiger partial charge is 0.408 e. The molecule has 0 aliphatic carbocycles. The van der Waals surface area contributed by atoms with Crippen LogP contribution >= 0.6 is 0 Å². The molecule has 1 aromatic rings. The van der Waals surface area contributed by atoms with Crippen LogP contribution in [0.3, 0.4) is 0 Å². The number of hydrogen-bond donors (Lipinski definition) is 1. The molecule has 0 saturated heterocycles. The molecule has 1 aromatic heterocycles. The van der Waals surface area contributed by atoms with Gasteiger partial charge in [-0.3, -0.25) is 0 Å². The average molecular weight is 325 g/mol. The van der Waals surface area contributed by atoms with Gasteiger partial charge >= 0.3 is 12.1 Å². The van der Waals surface area contributed by atoms with Crippen molar-refractivity contribution in [3.8, 4) is 0 Å². The molecule has 23 heavy (non-hydrogen) atoms. The van der Waals surface area contributed by atoms with Crippen LogP contribution in [0.25, 0.3) is 0 Å². The summed E-state index contributed by atoms with van der Waals surface area (Å²) in [5.74, 6) is -0.407. The first kappa shape index (κ1) is 18.7. The van der Waals surface area contributed by atoms with Crippen molar-refractivity contribution < 1.29 is 19.1 Å². The molecule has 1 atom stereocenters. The lowest BCUT2D eigenvalue weighted by Crippen LogP contribution is -2.47. The molecular formula is C14H23N5O4. The summed E-state index contributed by atoms with van der Waals surface area (Å²) in [5.41, 5.74) is -1.38. The molecule has 0 aromatic carbocycles. The van der Waals surface area contributed by atoms with Crippen molar-refractivity contribution in [2.45, 2.75) is 65.2 Å². The molecule has 0 bridgehead atoms. The summed E-state index contributed by atoms with van der Waals surface area (Å²) in [7, 11) is 0. The van der Waals surface area contributed by atoms with Crippen molar-refractivity contribution in [2.24, 2.45) is 0 Å². The highest BCUT2D eigenvalue weighted by Gasteiger charge is 2.29. The summed E-state index contributed by atoms with van der Waals surface area (Å²) < 4.78 is 10.5. The maximum atomic E-state index is 12.3. The SMILES string of the molecule is CC(C)(C)OC(=O)N[C@@H](Cc1nncnn1)C(=O)OC(C)(C)C. The number of carbonyl (C=O) groups is 2. The van der Waals surface area contributed by atoms with E-state index in [1.807, 2.05) is 0 Å². The number of rotatable bonds is 4. The second-order valence-corrected chi connectivity index (χ2v) is 6.90. The number of aromatic nitrogens is 4. The van der Waals surface area contributed by atoms with E-state index in [4.69, 9.17) is 9.47 Å². The molecule has 0 aliphatic rings. The summed E-state index contributed by atoms with van der Waals surface area (Å²) in [5, 5.41) is 17.2. The van der Waals surface area contributed by atoms with E-state index in [0.717, 1.165) is 0 Å². The topological polar surface area (TPSA) is 116 Å². The second-order valence-electron chi connectivity index (χ2n) is 6.90.